The third-order valence-electron chi connectivity index (χ3n) is 4.80. The number of rotatable bonds is 6. The van der Waals surface area contributed by atoms with Crippen molar-refractivity contribution in [2.75, 3.05) is 33.4 Å². The first-order valence-corrected chi connectivity index (χ1v) is 8.11. The molecule has 0 saturated carbocycles. The zero-order valence-electron chi connectivity index (χ0n) is 13.9. The van der Waals surface area contributed by atoms with Gasteiger partial charge in [-0.3, -0.25) is 4.90 Å². The van der Waals surface area contributed by atoms with E-state index < -0.39 is 0 Å². The zero-order valence-corrected chi connectivity index (χ0v) is 13.9. The molecule has 0 amide bonds. The first-order valence-electron chi connectivity index (χ1n) is 8.11. The van der Waals surface area contributed by atoms with Gasteiger partial charge < -0.3 is 10.1 Å². The molecule has 3 heteroatoms. The van der Waals surface area contributed by atoms with Crippen molar-refractivity contribution in [1.82, 2.24) is 10.2 Å². The minimum absolute atomic E-state index is 0.0698. The molecule has 21 heavy (non-hydrogen) atoms. The van der Waals surface area contributed by atoms with E-state index in [0.717, 1.165) is 32.7 Å². The number of hydrogen-bond acceptors (Lipinski definition) is 3. The highest BCUT2D eigenvalue weighted by Gasteiger charge is 2.39. The number of ether oxygens (including phenoxy) is 1. The van der Waals surface area contributed by atoms with Crippen LogP contribution >= 0.6 is 0 Å². The third kappa shape index (κ3) is 3.85. The fraction of sp³-hybridized carbons (Fsp3) is 0.667. The molecule has 0 aromatic heterocycles. The molecule has 1 aliphatic heterocycles. The van der Waals surface area contributed by atoms with Crippen molar-refractivity contribution in [3.05, 3.63) is 35.9 Å². The van der Waals surface area contributed by atoms with Gasteiger partial charge in [0.25, 0.3) is 0 Å². The molecule has 2 atom stereocenters. The Morgan fingerprint density at radius 1 is 1.33 bits per heavy atom. The third-order valence-corrected chi connectivity index (χ3v) is 4.80. The lowest BCUT2D eigenvalue weighted by Crippen LogP contribution is -2.62. The summed E-state index contributed by atoms with van der Waals surface area (Å²) in [5, 5.41) is 3.76. The summed E-state index contributed by atoms with van der Waals surface area (Å²) in [4.78, 5) is 2.64. The van der Waals surface area contributed by atoms with Crippen molar-refractivity contribution in [2.24, 2.45) is 5.92 Å². The Hall–Kier alpha value is -0.900. The van der Waals surface area contributed by atoms with Crippen LogP contribution in [-0.2, 0) is 10.3 Å². The van der Waals surface area contributed by atoms with E-state index in [1.54, 1.807) is 7.11 Å². The standard InChI is InChI=1S/C18H30N2O/c1-15(2)17-13-20(11-8-12-21-4)18(3,14-19-17)16-9-6-5-7-10-16/h5-7,9-10,15,17,19H,8,11-14H2,1-4H3. The summed E-state index contributed by atoms with van der Waals surface area (Å²) in [7, 11) is 1.78. The van der Waals surface area contributed by atoms with E-state index in [2.05, 4.69) is 61.3 Å². The molecule has 0 bridgehead atoms. The van der Waals surface area contributed by atoms with Gasteiger partial charge >= 0.3 is 0 Å². The molecule has 1 saturated heterocycles. The maximum atomic E-state index is 5.24. The lowest BCUT2D eigenvalue weighted by Gasteiger charge is -2.49. The molecule has 3 nitrogen and oxygen atoms in total. The normalized spacial score (nSPS) is 27.2. The molecule has 1 heterocycles. The van der Waals surface area contributed by atoms with Crippen molar-refractivity contribution in [3.63, 3.8) is 0 Å². The van der Waals surface area contributed by atoms with E-state index >= 15 is 0 Å². The van der Waals surface area contributed by atoms with Crippen molar-refractivity contribution < 1.29 is 4.74 Å². The molecular formula is C18H30N2O. The average molecular weight is 290 g/mol. The Morgan fingerprint density at radius 3 is 2.67 bits per heavy atom. The molecular weight excluding hydrogens is 260 g/mol. The van der Waals surface area contributed by atoms with Crippen LogP contribution in [0.4, 0.5) is 0 Å². The summed E-state index contributed by atoms with van der Waals surface area (Å²) in [6, 6.07) is 11.5. The van der Waals surface area contributed by atoms with Gasteiger partial charge in [-0.05, 0) is 24.8 Å². The summed E-state index contributed by atoms with van der Waals surface area (Å²) in [6.45, 7) is 11.0. The lowest BCUT2D eigenvalue weighted by atomic mass is 9.85. The topological polar surface area (TPSA) is 24.5 Å². The predicted octanol–water partition coefficient (Wildman–Crippen LogP) is 2.87. The van der Waals surface area contributed by atoms with Crippen LogP contribution in [0.3, 0.4) is 0 Å². The second kappa shape index (κ2) is 7.39. The first-order chi connectivity index (χ1) is 10.1. The largest absolute Gasteiger partial charge is 0.385 e. The van der Waals surface area contributed by atoms with Crippen molar-refractivity contribution in [1.29, 1.82) is 0 Å². The van der Waals surface area contributed by atoms with E-state index in [-0.39, 0.29) is 5.54 Å². The maximum absolute atomic E-state index is 5.24. The van der Waals surface area contributed by atoms with E-state index in [4.69, 9.17) is 4.74 Å². The highest BCUT2D eigenvalue weighted by Crippen LogP contribution is 2.31. The van der Waals surface area contributed by atoms with Crippen LogP contribution in [0, 0.1) is 5.92 Å². The molecule has 1 aromatic rings. The molecule has 0 aliphatic carbocycles. The van der Waals surface area contributed by atoms with Gasteiger partial charge in [-0.15, -0.1) is 0 Å². The minimum atomic E-state index is 0.0698. The first kappa shape index (κ1) is 16.5. The molecule has 1 aliphatic rings. The highest BCUT2D eigenvalue weighted by molar-refractivity contribution is 5.25. The lowest BCUT2D eigenvalue weighted by molar-refractivity contribution is 0.0317. The summed E-state index contributed by atoms with van der Waals surface area (Å²) >= 11 is 0. The Balaban J connectivity index is 2.17. The van der Waals surface area contributed by atoms with Crippen LogP contribution in [0.5, 0.6) is 0 Å². The summed E-state index contributed by atoms with van der Waals surface area (Å²) in [5.74, 6) is 0.662. The Labute approximate surface area is 129 Å². The van der Waals surface area contributed by atoms with E-state index in [1.165, 1.54) is 5.56 Å². The van der Waals surface area contributed by atoms with Crippen LogP contribution in [0.15, 0.2) is 30.3 Å². The van der Waals surface area contributed by atoms with Crippen molar-refractivity contribution in [2.45, 2.75) is 38.8 Å². The van der Waals surface area contributed by atoms with Crippen molar-refractivity contribution >= 4 is 0 Å². The van der Waals surface area contributed by atoms with E-state index in [0.29, 0.717) is 12.0 Å². The van der Waals surface area contributed by atoms with E-state index in [1.807, 2.05) is 0 Å². The SMILES string of the molecule is COCCCN1CC(C(C)C)NCC1(C)c1ccccc1. The number of piperazine rings is 1. The van der Waals surface area contributed by atoms with Gasteiger partial charge in [0.2, 0.25) is 0 Å². The van der Waals surface area contributed by atoms with Crippen molar-refractivity contribution in [3.8, 4) is 0 Å². The number of benzene rings is 1. The average Bonchev–Trinajstić information content (AvgIpc) is 2.50. The molecule has 2 unspecified atom stereocenters. The van der Waals surface area contributed by atoms with Gasteiger partial charge in [0.05, 0.1) is 5.54 Å². The second-order valence-electron chi connectivity index (χ2n) is 6.66. The number of methoxy groups -OCH3 is 1. The van der Waals surface area contributed by atoms with Gasteiger partial charge in [-0.25, -0.2) is 0 Å². The summed E-state index contributed by atoms with van der Waals surface area (Å²) < 4.78 is 5.24. The molecule has 1 aromatic carbocycles. The fourth-order valence-electron chi connectivity index (χ4n) is 3.21. The smallest absolute Gasteiger partial charge is 0.0558 e. The number of hydrogen-bond donors (Lipinski definition) is 1. The fourth-order valence-corrected chi connectivity index (χ4v) is 3.21. The van der Waals surface area contributed by atoms with Gasteiger partial charge in [0, 0.05) is 39.4 Å². The van der Waals surface area contributed by atoms with Crippen LogP contribution in [0.2, 0.25) is 0 Å². The highest BCUT2D eigenvalue weighted by atomic mass is 16.5. The Kier molecular flexibility index (Phi) is 5.80. The molecule has 2 rings (SSSR count). The van der Waals surface area contributed by atoms with Gasteiger partial charge in [-0.1, -0.05) is 44.2 Å². The number of nitrogens with one attached hydrogen (secondary N) is 1. The van der Waals surface area contributed by atoms with Crippen LogP contribution in [0.25, 0.3) is 0 Å². The molecule has 1 fully saturated rings. The predicted molar refractivity (Wildman–Crippen MR) is 88.5 cm³/mol. The summed E-state index contributed by atoms with van der Waals surface area (Å²) in [5.41, 5.74) is 1.47. The van der Waals surface area contributed by atoms with Crippen LogP contribution in [0.1, 0.15) is 32.8 Å². The van der Waals surface area contributed by atoms with Crippen LogP contribution in [-0.4, -0.2) is 44.3 Å². The number of nitrogens with zero attached hydrogens (tertiary/aromatic N) is 1. The van der Waals surface area contributed by atoms with Crippen LogP contribution < -0.4 is 5.32 Å². The Bertz CT molecular complexity index is 420. The molecule has 0 radical (unpaired) electrons. The van der Waals surface area contributed by atoms with Gasteiger partial charge in [0.15, 0.2) is 0 Å². The second-order valence-corrected chi connectivity index (χ2v) is 6.66. The Morgan fingerprint density at radius 2 is 2.05 bits per heavy atom. The zero-order chi connectivity index (χ0) is 15.3. The molecule has 1 N–H and O–H groups in total. The quantitative estimate of drug-likeness (QED) is 0.815. The maximum Gasteiger partial charge on any atom is 0.0558 e. The minimum Gasteiger partial charge on any atom is -0.385 e. The van der Waals surface area contributed by atoms with Gasteiger partial charge in [0.1, 0.15) is 0 Å². The molecule has 118 valence electrons. The van der Waals surface area contributed by atoms with Gasteiger partial charge in [-0.2, -0.15) is 0 Å². The monoisotopic (exact) mass is 290 g/mol. The summed E-state index contributed by atoms with van der Waals surface area (Å²) in [6.07, 6.45) is 1.09. The molecule has 0 spiro atoms. The van der Waals surface area contributed by atoms with E-state index in [9.17, 15) is 0 Å².